The molecule has 3 aromatic rings. The lowest BCUT2D eigenvalue weighted by Gasteiger charge is -2.28. The van der Waals surface area contributed by atoms with Gasteiger partial charge in [-0.3, -0.25) is 14.6 Å². The number of piperidine rings is 1. The maximum atomic E-state index is 15.0. The van der Waals surface area contributed by atoms with Gasteiger partial charge in [0.1, 0.15) is 23.4 Å². The van der Waals surface area contributed by atoms with Crippen molar-refractivity contribution in [3.8, 4) is 17.2 Å². The van der Waals surface area contributed by atoms with Crippen molar-refractivity contribution in [2.24, 2.45) is 5.92 Å². The summed E-state index contributed by atoms with van der Waals surface area (Å²) in [6.07, 6.45) is 5.75. The van der Waals surface area contributed by atoms with E-state index >= 15 is 4.39 Å². The van der Waals surface area contributed by atoms with E-state index in [0.29, 0.717) is 41.8 Å². The van der Waals surface area contributed by atoms with E-state index in [4.69, 9.17) is 18.9 Å². The van der Waals surface area contributed by atoms with Gasteiger partial charge in [-0.05, 0) is 73.8 Å². The molecule has 1 saturated heterocycles. The minimum atomic E-state index is -0.974. The van der Waals surface area contributed by atoms with Crippen LogP contribution in [0.25, 0.3) is 6.08 Å². The molecule has 1 aromatic heterocycles. The number of aromatic nitrogens is 1. The average molecular weight is 589 g/mol. The lowest BCUT2D eigenvalue weighted by Crippen LogP contribution is -2.34. The van der Waals surface area contributed by atoms with Crippen LogP contribution in [0.4, 0.5) is 10.1 Å². The molecular weight excluding hydrogens is 555 g/mol. The standard InChI is InChI=1S/C32H33FN4O6/c1-40-23-5-3-4-21(14-23)18-36-31(38)32(39)37-22-6-7-28(25(33)15-22)43-27-10-13-35-26-17-30(29(41-2)16-24(26)27)42-19-20-8-11-34-12-9-20/h3-5,10,13-16,20,30,34H,8-9,11-12,17-19H2,1-2H3,(H,36,38)(H,37,39). The fourth-order valence-electron chi connectivity index (χ4n) is 4.93. The molecule has 3 N–H and O–H groups in total. The van der Waals surface area contributed by atoms with E-state index in [1.54, 1.807) is 49.7 Å². The molecule has 11 heteroatoms. The molecule has 0 spiro atoms. The Morgan fingerprint density at radius 3 is 2.70 bits per heavy atom. The van der Waals surface area contributed by atoms with Crippen LogP contribution < -0.4 is 25.4 Å². The smallest absolute Gasteiger partial charge is 0.314 e. The number of carbonyl (C=O) groups is 2. The first kappa shape index (κ1) is 29.8. The number of nitrogens with zero attached hydrogens (tertiary/aromatic N) is 1. The third kappa shape index (κ3) is 7.60. The second-order valence-electron chi connectivity index (χ2n) is 10.2. The number of ether oxygens (including phenoxy) is 4. The summed E-state index contributed by atoms with van der Waals surface area (Å²) in [4.78, 5) is 29.1. The molecule has 2 aliphatic rings. The van der Waals surface area contributed by atoms with Gasteiger partial charge in [-0.25, -0.2) is 4.39 Å². The summed E-state index contributed by atoms with van der Waals surface area (Å²) < 4.78 is 37.9. The number of carbonyl (C=O) groups excluding carboxylic acids is 2. The van der Waals surface area contributed by atoms with Crippen molar-refractivity contribution in [3.05, 3.63) is 83.1 Å². The van der Waals surface area contributed by atoms with Crippen LogP contribution in [0.15, 0.2) is 48.4 Å². The molecule has 0 saturated carbocycles. The highest BCUT2D eigenvalue weighted by Crippen LogP contribution is 2.35. The molecule has 2 aromatic carbocycles. The van der Waals surface area contributed by atoms with Crippen LogP contribution in [-0.4, -0.2) is 56.8 Å². The minimum absolute atomic E-state index is 0.0709. The zero-order chi connectivity index (χ0) is 30.2. The Kier molecular flexibility index (Phi) is 9.71. The summed E-state index contributed by atoms with van der Waals surface area (Å²) in [7, 11) is 3.12. The van der Waals surface area contributed by atoms with E-state index in [-0.39, 0.29) is 24.1 Å². The number of hydrogen-bond donors (Lipinski definition) is 3. The molecule has 1 fully saturated rings. The fraction of sp³-hybridized carbons (Fsp3) is 0.344. The molecule has 1 aliphatic carbocycles. The third-order valence-electron chi connectivity index (χ3n) is 7.30. The number of benzene rings is 1. The number of nitrogens with one attached hydrogen (secondary N) is 3. The maximum Gasteiger partial charge on any atom is 0.314 e. The quantitative estimate of drug-likeness (QED) is 0.306. The number of halogens is 1. The Hall–Kier alpha value is -4.66. The second-order valence-corrected chi connectivity index (χ2v) is 10.2. The van der Waals surface area contributed by atoms with Crippen molar-refractivity contribution < 1.29 is 32.9 Å². The average Bonchev–Trinajstić information content (AvgIpc) is 3.04. The molecule has 224 valence electrons. The van der Waals surface area contributed by atoms with Crippen molar-refractivity contribution in [2.45, 2.75) is 31.9 Å². The Bertz CT molecular complexity index is 1490. The van der Waals surface area contributed by atoms with Gasteiger partial charge in [0, 0.05) is 30.8 Å². The van der Waals surface area contributed by atoms with Gasteiger partial charge in [-0.2, -0.15) is 0 Å². The number of methoxy groups -OCH3 is 2. The summed E-state index contributed by atoms with van der Waals surface area (Å²) in [5.74, 6) is -0.775. The van der Waals surface area contributed by atoms with Crippen molar-refractivity contribution in [2.75, 3.05) is 39.2 Å². The molecule has 1 unspecified atom stereocenters. The molecule has 2 amide bonds. The van der Waals surface area contributed by atoms with Crippen molar-refractivity contribution in [1.82, 2.24) is 15.6 Å². The fourth-order valence-corrected chi connectivity index (χ4v) is 4.93. The molecule has 5 rings (SSSR count). The number of hydrogen-bond acceptors (Lipinski definition) is 8. The summed E-state index contributed by atoms with van der Waals surface area (Å²) in [5.41, 5.74) is 2.07. The number of anilines is 1. The highest BCUT2D eigenvalue weighted by atomic mass is 19.1. The lowest BCUT2D eigenvalue weighted by molar-refractivity contribution is -0.136. The Morgan fingerprint density at radius 1 is 1.09 bits per heavy atom. The predicted molar refractivity (Wildman–Crippen MR) is 156 cm³/mol. The van der Waals surface area contributed by atoms with Gasteiger partial charge in [0.25, 0.3) is 0 Å². The van der Waals surface area contributed by atoms with E-state index in [9.17, 15) is 9.59 Å². The molecule has 0 radical (unpaired) electrons. The molecule has 43 heavy (non-hydrogen) atoms. The molecule has 0 bridgehead atoms. The Balaban J connectivity index is 1.20. The van der Waals surface area contributed by atoms with Gasteiger partial charge in [-0.15, -0.1) is 0 Å². The molecular formula is C32H33FN4O6. The number of amides is 2. The van der Waals surface area contributed by atoms with E-state index < -0.39 is 17.6 Å². The maximum absolute atomic E-state index is 15.0. The largest absolute Gasteiger partial charge is 0.498 e. The van der Waals surface area contributed by atoms with Crippen molar-refractivity contribution >= 4 is 23.6 Å². The van der Waals surface area contributed by atoms with Gasteiger partial charge in [0.05, 0.1) is 32.2 Å². The van der Waals surface area contributed by atoms with Crippen LogP contribution in [0.1, 0.15) is 29.7 Å². The minimum Gasteiger partial charge on any atom is -0.498 e. The number of fused-ring (bicyclic) bond motifs is 1. The summed E-state index contributed by atoms with van der Waals surface area (Å²) >= 11 is 0. The topological polar surface area (TPSA) is 120 Å². The van der Waals surface area contributed by atoms with Crippen LogP contribution in [0, 0.1) is 23.9 Å². The molecule has 1 aliphatic heterocycles. The first-order valence-electron chi connectivity index (χ1n) is 14.0. The summed E-state index contributed by atoms with van der Waals surface area (Å²) in [6, 6.07) is 14.9. The summed E-state index contributed by atoms with van der Waals surface area (Å²) in [6.45, 7) is 2.74. The van der Waals surface area contributed by atoms with Crippen LogP contribution >= 0.6 is 0 Å². The second kappa shape index (κ2) is 14.0. The highest BCUT2D eigenvalue weighted by Gasteiger charge is 2.28. The number of rotatable bonds is 10. The SMILES string of the molecule is COC1=Cc2c(Oc3c#cc(NC(=O)C(=O)NCc4cccc(OC)c4)cc3F)ccnc2CC1OCC1CCNCC1. The highest BCUT2D eigenvalue weighted by molar-refractivity contribution is 6.39. The third-order valence-corrected chi connectivity index (χ3v) is 7.30. The first-order valence-corrected chi connectivity index (χ1v) is 14.0. The zero-order valence-electron chi connectivity index (χ0n) is 24.0. The van der Waals surface area contributed by atoms with Gasteiger partial charge < -0.3 is 34.9 Å². The summed E-state index contributed by atoms with van der Waals surface area (Å²) in [5, 5.41) is 8.20. The van der Waals surface area contributed by atoms with Gasteiger partial charge in [-0.1, -0.05) is 12.1 Å². The molecule has 1 atom stereocenters. The van der Waals surface area contributed by atoms with Crippen LogP contribution in [0.5, 0.6) is 17.2 Å². The van der Waals surface area contributed by atoms with E-state index in [1.807, 2.05) is 0 Å². The van der Waals surface area contributed by atoms with Gasteiger partial charge in [0.15, 0.2) is 5.82 Å². The van der Waals surface area contributed by atoms with Crippen molar-refractivity contribution in [1.29, 1.82) is 0 Å². The predicted octanol–water partition coefficient (Wildman–Crippen LogP) is 3.81. The van der Waals surface area contributed by atoms with Crippen molar-refractivity contribution in [3.63, 3.8) is 0 Å². The Labute approximate surface area is 249 Å². The molecule has 10 nitrogen and oxygen atoms in total. The van der Waals surface area contributed by atoms with Crippen LogP contribution in [-0.2, 0) is 32.0 Å². The van der Waals surface area contributed by atoms with Crippen LogP contribution in [0.2, 0.25) is 0 Å². The number of pyridine rings is 1. The van der Waals surface area contributed by atoms with Gasteiger partial charge >= 0.3 is 11.8 Å². The van der Waals surface area contributed by atoms with E-state index in [0.717, 1.165) is 43.3 Å². The lowest BCUT2D eigenvalue weighted by atomic mass is 9.97. The van der Waals surface area contributed by atoms with E-state index in [1.165, 1.54) is 7.11 Å². The normalized spacial score (nSPS) is 16.3. The first-order chi connectivity index (χ1) is 20.9. The van der Waals surface area contributed by atoms with Gasteiger partial charge in [0.2, 0.25) is 5.75 Å². The van der Waals surface area contributed by atoms with Crippen LogP contribution in [0.3, 0.4) is 0 Å². The zero-order valence-corrected chi connectivity index (χ0v) is 24.0. The monoisotopic (exact) mass is 588 g/mol. The Morgan fingerprint density at radius 2 is 1.93 bits per heavy atom. The van der Waals surface area contributed by atoms with E-state index in [2.05, 4.69) is 33.1 Å². The molecule has 2 heterocycles.